The van der Waals surface area contributed by atoms with Crippen LogP contribution in [0.25, 0.3) is 10.8 Å². The first-order chi connectivity index (χ1) is 12.2. The minimum atomic E-state index is 0.599. The summed E-state index contributed by atoms with van der Waals surface area (Å²) in [4.78, 5) is 0. The van der Waals surface area contributed by atoms with E-state index in [4.69, 9.17) is 9.47 Å². The Hall–Kier alpha value is -1.26. The zero-order chi connectivity index (χ0) is 17.8. The first kappa shape index (κ1) is 18.5. The van der Waals surface area contributed by atoms with Gasteiger partial charge in [0.25, 0.3) is 0 Å². The van der Waals surface area contributed by atoms with E-state index in [1.807, 2.05) is 6.07 Å². The lowest BCUT2D eigenvalue weighted by atomic mass is 9.96. The molecule has 1 aliphatic heterocycles. The van der Waals surface area contributed by atoms with E-state index in [2.05, 4.69) is 61.6 Å². The summed E-state index contributed by atoms with van der Waals surface area (Å²) in [6, 6.07) is 8.32. The Labute approximate surface area is 159 Å². The van der Waals surface area contributed by atoms with Gasteiger partial charge in [-0.25, -0.2) is 0 Å². The van der Waals surface area contributed by atoms with E-state index in [-0.39, 0.29) is 0 Å². The van der Waals surface area contributed by atoms with Crippen LogP contribution in [-0.4, -0.2) is 30.3 Å². The average molecular weight is 375 g/mol. The van der Waals surface area contributed by atoms with E-state index < -0.39 is 0 Å². The molecular weight excluding hydrogens is 348 g/mol. The second-order valence-electron chi connectivity index (χ2n) is 6.29. The summed E-state index contributed by atoms with van der Waals surface area (Å²) in [6.45, 7) is 4.40. The van der Waals surface area contributed by atoms with Gasteiger partial charge in [0, 0.05) is 16.3 Å². The van der Waals surface area contributed by atoms with Gasteiger partial charge in [-0.05, 0) is 43.8 Å². The van der Waals surface area contributed by atoms with Gasteiger partial charge in [0.05, 0.1) is 18.8 Å². The topological polar surface area (TPSA) is 18.5 Å². The van der Waals surface area contributed by atoms with Gasteiger partial charge in [-0.2, -0.15) is 0 Å². The molecule has 1 fully saturated rings. The third-order valence-electron chi connectivity index (χ3n) is 4.72. The van der Waals surface area contributed by atoms with Crippen LogP contribution in [-0.2, 0) is 6.42 Å². The normalized spacial score (nSPS) is 16.2. The molecule has 0 amide bonds. The molecule has 1 heterocycles. The lowest BCUT2D eigenvalue weighted by Crippen LogP contribution is -2.08. The van der Waals surface area contributed by atoms with Crippen molar-refractivity contribution in [3.8, 4) is 11.5 Å². The smallest absolute Gasteiger partial charge is 0.130 e. The third-order valence-corrected chi connectivity index (χ3v) is 7.93. The highest BCUT2D eigenvalue weighted by Crippen LogP contribution is 2.41. The highest BCUT2D eigenvalue weighted by molar-refractivity contribution is 8.17. The number of benzene rings is 2. The lowest BCUT2D eigenvalue weighted by molar-refractivity contribution is 0.404. The highest BCUT2D eigenvalue weighted by Gasteiger charge is 2.19. The van der Waals surface area contributed by atoms with Crippen molar-refractivity contribution in [1.82, 2.24) is 0 Å². The molecule has 0 bridgehead atoms. The van der Waals surface area contributed by atoms with Crippen LogP contribution in [0.2, 0.25) is 0 Å². The number of hydrogen-bond acceptors (Lipinski definition) is 4. The van der Waals surface area contributed by atoms with Crippen molar-refractivity contribution in [3.63, 3.8) is 0 Å². The molecule has 1 aliphatic rings. The summed E-state index contributed by atoms with van der Waals surface area (Å²) in [5.74, 6) is 4.48. The number of hydrogen-bond donors (Lipinski definition) is 0. The molecule has 0 saturated carbocycles. The van der Waals surface area contributed by atoms with Crippen LogP contribution in [0.1, 0.15) is 24.5 Å². The van der Waals surface area contributed by atoms with Crippen LogP contribution in [0.3, 0.4) is 0 Å². The Morgan fingerprint density at radius 1 is 1.08 bits per heavy atom. The van der Waals surface area contributed by atoms with Crippen molar-refractivity contribution in [1.29, 1.82) is 0 Å². The van der Waals surface area contributed by atoms with E-state index in [0.29, 0.717) is 4.58 Å². The lowest BCUT2D eigenvalue weighted by Gasteiger charge is -2.22. The summed E-state index contributed by atoms with van der Waals surface area (Å²) in [6.07, 6.45) is 4.57. The maximum atomic E-state index is 5.82. The first-order valence-electron chi connectivity index (χ1n) is 8.69. The molecular formula is C21H26O2S2. The molecule has 0 spiro atoms. The van der Waals surface area contributed by atoms with Gasteiger partial charge in [0.2, 0.25) is 0 Å². The summed E-state index contributed by atoms with van der Waals surface area (Å²) >= 11 is 4.14. The van der Waals surface area contributed by atoms with Gasteiger partial charge in [-0.3, -0.25) is 0 Å². The molecule has 0 aliphatic carbocycles. The zero-order valence-electron chi connectivity index (χ0n) is 15.4. The van der Waals surface area contributed by atoms with Gasteiger partial charge in [-0.1, -0.05) is 35.9 Å². The van der Waals surface area contributed by atoms with Crippen molar-refractivity contribution >= 4 is 34.3 Å². The predicted octanol–water partition coefficient (Wildman–Crippen LogP) is 5.85. The molecule has 3 rings (SSSR count). The van der Waals surface area contributed by atoms with E-state index >= 15 is 0 Å². The quantitative estimate of drug-likeness (QED) is 0.611. The summed E-state index contributed by atoms with van der Waals surface area (Å²) in [7, 11) is 3.52. The van der Waals surface area contributed by atoms with Crippen LogP contribution < -0.4 is 9.47 Å². The molecule has 0 aromatic heterocycles. The molecule has 0 radical (unpaired) electrons. The van der Waals surface area contributed by atoms with Crippen LogP contribution in [0, 0.1) is 6.92 Å². The Morgan fingerprint density at radius 3 is 2.28 bits per heavy atom. The number of thioether (sulfide) groups is 2. The molecule has 0 unspecified atom stereocenters. The number of methoxy groups -OCH3 is 2. The van der Waals surface area contributed by atoms with Gasteiger partial charge < -0.3 is 9.47 Å². The first-order valence-corrected chi connectivity index (χ1v) is 10.8. The molecule has 4 heteroatoms. The fourth-order valence-electron chi connectivity index (χ4n) is 3.40. The largest absolute Gasteiger partial charge is 0.496 e. The predicted molar refractivity (Wildman–Crippen MR) is 113 cm³/mol. The second-order valence-corrected chi connectivity index (χ2v) is 9.02. The fourth-order valence-corrected chi connectivity index (χ4v) is 6.32. The van der Waals surface area contributed by atoms with Crippen LogP contribution >= 0.6 is 23.5 Å². The molecule has 25 heavy (non-hydrogen) atoms. The second kappa shape index (κ2) is 8.41. The number of allylic oxidation sites excluding steroid dienone is 1. The summed E-state index contributed by atoms with van der Waals surface area (Å²) < 4.78 is 12.2. The van der Waals surface area contributed by atoms with Crippen molar-refractivity contribution in [2.75, 3.05) is 25.7 Å². The molecule has 0 atom stereocenters. The fraction of sp³-hybridized carbons (Fsp3) is 0.429. The van der Waals surface area contributed by atoms with E-state index in [1.165, 1.54) is 34.6 Å². The van der Waals surface area contributed by atoms with Crippen molar-refractivity contribution in [2.24, 2.45) is 0 Å². The Kier molecular flexibility index (Phi) is 6.24. The van der Waals surface area contributed by atoms with E-state index in [0.717, 1.165) is 28.7 Å². The standard InChI is InChI=1S/C21H26O2S2/c1-14(21-24-12-7-13-25-21)10-11-16-15(2)19(22-3)17-8-5-6-9-18(17)20(16)23-4/h5-6,8-10,21H,7,11-13H2,1-4H3/b14-10-. The zero-order valence-corrected chi connectivity index (χ0v) is 17.1. The maximum absolute atomic E-state index is 5.82. The molecule has 1 saturated heterocycles. The Morgan fingerprint density at radius 2 is 1.68 bits per heavy atom. The summed E-state index contributed by atoms with van der Waals surface area (Å²) in [5.41, 5.74) is 3.86. The minimum absolute atomic E-state index is 0.599. The number of ether oxygens (including phenoxy) is 2. The highest BCUT2D eigenvalue weighted by atomic mass is 32.2. The molecule has 2 aromatic carbocycles. The monoisotopic (exact) mass is 374 g/mol. The third kappa shape index (κ3) is 3.80. The molecule has 2 aromatic rings. The SMILES string of the molecule is COc1c(C)c(C/C=C(/C)C2SCCCS2)c(OC)c2ccccc12. The van der Waals surface area contributed by atoms with Gasteiger partial charge in [0.15, 0.2) is 0 Å². The number of fused-ring (bicyclic) bond motifs is 1. The molecule has 0 N–H and O–H groups in total. The van der Waals surface area contributed by atoms with Crippen molar-refractivity contribution < 1.29 is 9.47 Å². The average Bonchev–Trinajstić information content (AvgIpc) is 2.66. The van der Waals surface area contributed by atoms with Crippen LogP contribution in [0.4, 0.5) is 0 Å². The van der Waals surface area contributed by atoms with Crippen molar-refractivity contribution in [3.05, 3.63) is 47.0 Å². The Balaban J connectivity index is 2.01. The van der Waals surface area contributed by atoms with Gasteiger partial charge in [-0.15, -0.1) is 23.5 Å². The summed E-state index contributed by atoms with van der Waals surface area (Å²) in [5, 5.41) is 2.23. The Bertz CT molecular complexity index is 777. The van der Waals surface area contributed by atoms with E-state index in [1.54, 1.807) is 14.2 Å². The molecule has 134 valence electrons. The van der Waals surface area contributed by atoms with Crippen molar-refractivity contribution in [2.45, 2.75) is 31.3 Å². The minimum Gasteiger partial charge on any atom is -0.496 e. The maximum Gasteiger partial charge on any atom is 0.130 e. The van der Waals surface area contributed by atoms with E-state index in [9.17, 15) is 0 Å². The molecule has 2 nitrogen and oxygen atoms in total. The van der Waals surface area contributed by atoms with Gasteiger partial charge in [0.1, 0.15) is 11.5 Å². The van der Waals surface area contributed by atoms with Gasteiger partial charge >= 0.3 is 0 Å². The number of rotatable bonds is 5. The van der Waals surface area contributed by atoms with Crippen LogP contribution in [0.5, 0.6) is 11.5 Å². The van der Waals surface area contributed by atoms with Crippen LogP contribution in [0.15, 0.2) is 35.9 Å².